The van der Waals surface area contributed by atoms with Gasteiger partial charge in [-0.05, 0) is 123 Å². The van der Waals surface area contributed by atoms with Crippen molar-refractivity contribution < 1.29 is 4.74 Å². The molecule has 0 N–H and O–H groups in total. The lowest BCUT2D eigenvalue weighted by Crippen LogP contribution is -2.57. The third-order valence-electron chi connectivity index (χ3n) is 11.7. The van der Waals surface area contributed by atoms with E-state index in [-0.39, 0.29) is 11.2 Å². The highest BCUT2D eigenvalue weighted by atomic mass is 16.5. The van der Waals surface area contributed by atoms with E-state index in [2.05, 4.69) is 46.1 Å². The zero-order valence-corrected chi connectivity index (χ0v) is 21.5. The van der Waals surface area contributed by atoms with Gasteiger partial charge in [0.05, 0.1) is 11.2 Å². The number of hydrogen-bond acceptors (Lipinski definition) is 4. The molecule has 3 aliphatic carbocycles. The number of ether oxygens (including phenoxy) is 1. The average Bonchev–Trinajstić information content (AvgIpc) is 3.60. The summed E-state index contributed by atoms with van der Waals surface area (Å²) in [6, 6.07) is 3.63. The molecule has 2 bridgehead atoms. The summed E-state index contributed by atoms with van der Waals surface area (Å²) >= 11 is 0. The maximum absolute atomic E-state index is 7.55. The van der Waals surface area contributed by atoms with Crippen LogP contribution in [-0.2, 0) is 17.7 Å². The van der Waals surface area contributed by atoms with Crippen LogP contribution in [0.2, 0.25) is 0 Å². The Morgan fingerprint density at radius 1 is 1.00 bits per heavy atom. The van der Waals surface area contributed by atoms with Crippen molar-refractivity contribution in [2.45, 2.75) is 107 Å². The molecule has 186 valence electrons. The Bertz CT molecular complexity index is 1100. The molecule has 4 heteroatoms. The summed E-state index contributed by atoms with van der Waals surface area (Å²) < 4.78 is 7.55. The lowest BCUT2D eigenvalue weighted by atomic mass is 9.59. The molecule has 0 radical (unpaired) electrons. The zero-order chi connectivity index (χ0) is 23.3. The van der Waals surface area contributed by atoms with Gasteiger partial charge in [0.15, 0.2) is 0 Å². The zero-order valence-electron chi connectivity index (χ0n) is 21.5. The van der Waals surface area contributed by atoms with Crippen molar-refractivity contribution in [1.29, 1.82) is 0 Å². The first-order valence-corrected chi connectivity index (χ1v) is 14.6. The molecule has 8 rings (SSSR count). The van der Waals surface area contributed by atoms with E-state index in [1.54, 1.807) is 11.1 Å². The molecule has 2 saturated heterocycles. The summed E-state index contributed by atoms with van der Waals surface area (Å²) in [7, 11) is 0. The monoisotopic (exact) mass is 471 g/mol. The van der Waals surface area contributed by atoms with Crippen molar-refractivity contribution in [3.05, 3.63) is 52.9 Å². The van der Waals surface area contributed by atoms with Crippen LogP contribution in [0.3, 0.4) is 0 Å². The number of nitrogens with zero attached hydrogens (tertiary/aromatic N) is 3. The quantitative estimate of drug-likeness (QED) is 0.575. The third kappa shape index (κ3) is 2.94. The fourth-order valence-corrected chi connectivity index (χ4v) is 10.0. The molecule has 6 atom stereocenters. The van der Waals surface area contributed by atoms with Crippen LogP contribution in [0, 0.1) is 11.3 Å². The molecular formula is C31H41N3O. The van der Waals surface area contributed by atoms with Crippen molar-refractivity contribution in [3.63, 3.8) is 0 Å². The minimum Gasteiger partial charge on any atom is -0.359 e. The molecule has 2 spiro atoms. The van der Waals surface area contributed by atoms with Crippen molar-refractivity contribution in [3.8, 4) is 0 Å². The number of hydrogen-bond donors (Lipinski definition) is 0. The first-order chi connectivity index (χ1) is 17.1. The van der Waals surface area contributed by atoms with Crippen molar-refractivity contribution >= 4 is 0 Å². The molecular weight excluding hydrogens is 430 g/mol. The molecule has 5 heterocycles. The van der Waals surface area contributed by atoms with Gasteiger partial charge >= 0.3 is 0 Å². The predicted octanol–water partition coefficient (Wildman–Crippen LogP) is 5.43. The summed E-state index contributed by atoms with van der Waals surface area (Å²) in [5.41, 5.74) is 6.50. The molecule has 0 unspecified atom stereocenters. The van der Waals surface area contributed by atoms with Crippen LogP contribution in [0.15, 0.2) is 41.8 Å². The number of rotatable bonds is 2. The summed E-state index contributed by atoms with van der Waals surface area (Å²) in [6.07, 6.45) is 23.5. The van der Waals surface area contributed by atoms with Crippen molar-refractivity contribution in [2.24, 2.45) is 11.3 Å². The van der Waals surface area contributed by atoms with Crippen LogP contribution in [0.25, 0.3) is 0 Å². The highest BCUT2D eigenvalue weighted by molar-refractivity contribution is 5.47. The van der Waals surface area contributed by atoms with Gasteiger partial charge in [0, 0.05) is 37.6 Å². The van der Waals surface area contributed by atoms with Crippen LogP contribution in [0.5, 0.6) is 0 Å². The number of allylic oxidation sites excluding steroid dienone is 1. The number of aromatic nitrogens is 1. The molecule has 4 nitrogen and oxygen atoms in total. The van der Waals surface area contributed by atoms with E-state index in [1.165, 1.54) is 101 Å². The Morgan fingerprint density at radius 3 is 2.83 bits per heavy atom. The molecule has 1 aromatic rings. The Hall–Kier alpha value is -1.49. The van der Waals surface area contributed by atoms with Crippen molar-refractivity contribution in [1.82, 2.24) is 14.8 Å². The Balaban J connectivity index is 1.10. The van der Waals surface area contributed by atoms with Crippen molar-refractivity contribution in [2.75, 3.05) is 19.6 Å². The van der Waals surface area contributed by atoms with Crippen LogP contribution < -0.4 is 0 Å². The normalized spacial score (nSPS) is 44.8. The molecule has 2 saturated carbocycles. The van der Waals surface area contributed by atoms with Gasteiger partial charge < -0.3 is 9.64 Å². The van der Waals surface area contributed by atoms with Crippen LogP contribution >= 0.6 is 0 Å². The van der Waals surface area contributed by atoms with E-state index in [4.69, 9.17) is 4.74 Å². The number of pyridine rings is 1. The topological polar surface area (TPSA) is 28.6 Å². The summed E-state index contributed by atoms with van der Waals surface area (Å²) in [5.74, 6) is 0.652. The fraction of sp³-hybridized carbons (Fsp3) is 0.710. The van der Waals surface area contributed by atoms with Gasteiger partial charge in [0.25, 0.3) is 0 Å². The molecule has 0 amide bonds. The largest absolute Gasteiger partial charge is 0.359 e. The summed E-state index contributed by atoms with van der Waals surface area (Å²) in [6.45, 7) is 7.52. The van der Waals surface area contributed by atoms with Gasteiger partial charge in [0.2, 0.25) is 0 Å². The second-order valence-corrected chi connectivity index (χ2v) is 13.2. The van der Waals surface area contributed by atoms with E-state index < -0.39 is 0 Å². The maximum atomic E-state index is 7.55. The molecule has 0 aromatic carbocycles. The lowest BCUT2D eigenvalue weighted by Gasteiger charge is -2.55. The minimum absolute atomic E-state index is 0.0204. The van der Waals surface area contributed by atoms with Gasteiger partial charge in [-0.25, -0.2) is 0 Å². The van der Waals surface area contributed by atoms with E-state index >= 15 is 0 Å². The molecule has 4 aliphatic heterocycles. The Kier molecular flexibility index (Phi) is 4.64. The summed E-state index contributed by atoms with van der Waals surface area (Å²) in [5, 5.41) is 0. The molecule has 7 aliphatic rings. The highest BCUT2D eigenvalue weighted by Gasteiger charge is 2.67. The molecule has 35 heavy (non-hydrogen) atoms. The average molecular weight is 472 g/mol. The maximum Gasteiger partial charge on any atom is 0.0975 e. The van der Waals surface area contributed by atoms with Crippen LogP contribution in [0.4, 0.5) is 0 Å². The second-order valence-electron chi connectivity index (χ2n) is 13.2. The minimum atomic E-state index is -0.0204. The van der Waals surface area contributed by atoms with Gasteiger partial charge in [-0.3, -0.25) is 9.88 Å². The molecule has 4 fully saturated rings. The standard InChI is InChI=1S/C31H41N3O/c1-29-11-8-25-18-24-4-5-26(33-15-2-3-16-33)19-30(24)12-13-31(25,35-30)27(29)6-7-28(29)34-17-10-22-9-14-32-20-23(22)21-34/h8-9,14,18,20,26-28H,2-7,10-13,15-17,19,21H2,1H3/t26-,27-,28+,29+,30-,31-/m1/s1. The number of likely N-dealkylation sites (tertiary alicyclic amines) is 1. The van der Waals surface area contributed by atoms with Gasteiger partial charge in [-0.1, -0.05) is 19.1 Å². The highest BCUT2D eigenvalue weighted by Crippen LogP contribution is 2.67. The number of fused-ring (bicyclic) bond motifs is 2. The predicted molar refractivity (Wildman–Crippen MR) is 138 cm³/mol. The Labute approximate surface area is 210 Å². The van der Waals surface area contributed by atoms with E-state index in [1.807, 2.05) is 6.20 Å². The second kappa shape index (κ2) is 7.52. The first-order valence-electron chi connectivity index (χ1n) is 14.6. The Morgan fingerprint density at radius 2 is 1.91 bits per heavy atom. The van der Waals surface area contributed by atoms with Gasteiger partial charge in [-0.2, -0.15) is 0 Å². The van der Waals surface area contributed by atoms with E-state index in [0.717, 1.165) is 12.6 Å². The van der Waals surface area contributed by atoms with Crippen LogP contribution in [0.1, 0.15) is 82.3 Å². The third-order valence-corrected chi connectivity index (χ3v) is 11.7. The summed E-state index contributed by atoms with van der Waals surface area (Å²) in [4.78, 5) is 10.1. The van der Waals surface area contributed by atoms with Crippen LogP contribution in [-0.4, -0.2) is 57.7 Å². The van der Waals surface area contributed by atoms with Gasteiger partial charge in [-0.15, -0.1) is 0 Å². The molecule has 1 aromatic heterocycles. The smallest absolute Gasteiger partial charge is 0.0975 e. The first kappa shape index (κ1) is 21.6. The van der Waals surface area contributed by atoms with Gasteiger partial charge in [0.1, 0.15) is 0 Å². The fourth-order valence-electron chi connectivity index (χ4n) is 10.0. The SMILES string of the molecule is C[C@]12CC=C3C=C4CC[C@@H](N5CCCC5)C[C@]45CC[C@]3(O5)[C@@H]1CC[C@@H]2N1CCc2ccncc2C1. The van der Waals surface area contributed by atoms with E-state index in [9.17, 15) is 0 Å². The lowest BCUT2D eigenvalue weighted by molar-refractivity contribution is -0.144. The van der Waals surface area contributed by atoms with E-state index in [0.29, 0.717) is 17.4 Å².